The van der Waals surface area contributed by atoms with Gasteiger partial charge in [0.1, 0.15) is 5.82 Å². The number of halogens is 2. The molecule has 2 N–H and O–H groups in total. The highest BCUT2D eigenvalue weighted by Gasteiger charge is 2.17. The molecule has 4 nitrogen and oxygen atoms in total. The lowest BCUT2D eigenvalue weighted by Crippen LogP contribution is -1.95. The maximum absolute atomic E-state index is 11.1. The van der Waals surface area contributed by atoms with Crippen molar-refractivity contribution < 1.29 is 9.90 Å². The number of nitrogens with zero attached hydrogens (tertiary/aromatic N) is 1. The van der Waals surface area contributed by atoms with Gasteiger partial charge >= 0.3 is 5.97 Å². The second-order valence-corrected chi connectivity index (χ2v) is 8.07. The molecular formula is C23H18Br2N2O2. The zero-order chi connectivity index (χ0) is 21.0. The smallest absolute Gasteiger partial charge is 0.335 e. The number of hydrogen-bond acceptors (Lipinski definition) is 2. The van der Waals surface area contributed by atoms with Gasteiger partial charge in [0.15, 0.2) is 0 Å². The second kappa shape index (κ2) is 9.20. The summed E-state index contributed by atoms with van der Waals surface area (Å²) in [6.07, 6.45) is 5.81. The van der Waals surface area contributed by atoms with Gasteiger partial charge < -0.3 is 10.1 Å². The highest BCUT2D eigenvalue weighted by atomic mass is 79.9. The molecule has 6 heteroatoms. The number of benzene rings is 2. The van der Waals surface area contributed by atoms with Gasteiger partial charge in [-0.1, -0.05) is 80.9 Å². The van der Waals surface area contributed by atoms with E-state index in [1.54, 1.807) is 24.3 Å². The molecule has 0 aliphatic carbocycles. The molecule has 0 bridgehead atoms. The molecule has 29 heavy (non-hydrogen) atoms. The van der Waals surface area contributed by atoms with Crippen molar-refractivity contribution in [1.29, 1.82) is 0 Å². The summed E-state index contributed by atoms with van der Waals surface area (Å²) in [4.78, 5) is 19.4. The summed E-state index contributed by atoms with van der Waals surface area (Å²) in [5.41, 5.74) is 4.61. The van der Waals surface area contributed by atoms with E-state index >= 15 is 0 Å². The summed E-state index contributed by atoms with van der Waals surface area (Å²) in [6, 6.07) is 14.6. The summed E-state index contributed by atoms with van der Waals surface area (Å²) in [5.74, 6) is -0.296. The number of carboxylic acid groups (broad SMARTS) is 1. The number of imidazole rings is 1. The molecule has 0 saturated carbocycles. The number of rotatable bonds is 6. The Kier molecular flexibility index (Phi) is 6.67. The summed E-state index contributed by atoms with van der Waals surface area (Å²) in [6.45, 7) is 5.80. The van der Waals surface area contributed by atoms with Crippen molar-refractivity contribution in [3.63, 3.8) is 0 Å². The molecule has 0 unspecified atom stereocenters. The molecule has 2 aromatic carbocycles. The van der Waals surface area contributed by atoms with Crippen LogP contribution in [0.4, 0.5) is 0 Å². The fourth-order valence-corrected chi connectivity index (χ4v) is 3.46. The minimum absolute atomic E-state index is 0.236. The third-order valence-electron chi connectivity index (χ3n) is 4.28. The summed E-state index contributed by atoms with van der Waals surface area (Å²) in [7, 11) is 0. The highest BCUT2D eigenvalue weighted by Crippen LogP contribution is 2.35. The SMILES string of the molecule is C=C(Br)/C=C\C(=C/C)c1nc(-c2ccc(C(=O)O)cc2)[nH]c1-c1ccccc1Br. The monoisotopic (exact) mass is 512 g/mol. The van der Waals surface area contributed by atoms with Gasteiger partial charge in [0.05, 0.1) is 17.0 Å². The van der Waals surface area contributed by atoms with E-state index in [1.165, 1.54) is 0 Å². The number of carboxylic acids is 1. The van der Waals surface area contributed by atoms with Crippen LogP contribution in [0.2, 0.25) is 0 Å². The summed E-state index contributed by atoms with van der Waals surface area (Å²) < 4.78 is 1.71. The molecule has 0 saturated heterocycles. The first-order valence-corrected chi connectivity index (χ1v) is 10.4. The zero-order valence-corrected chi connectivity index (χ0v) is 18.8. The number of carbonyl (C=O) groups is 1. The van der Waals surface area contributed by atoms with Crippen LogP contribution in [0.3, 0.4) is 0 Å². The minimum Gasteiger partial charge on any atom is -0.478 e. The molecule has 0 aliphatic rings. The van der Waals surface area contributed by atoms with E-state index in [-0.39, 0.29) is 5.56 Å². The lowest BCUT2D eigenvalue weighted by molar-refractivity contribution is 0.0697. The zero-order valence-electron chi connectivity index (χ0n) is 15.6. The molecule has 3 rings (SSSR count). The number of nitrogens with one attached hydrogen (secondary N) is 1. The van der Waals surface area contributed by atoms with Gasteiger partial charge in [-0.15, -0.1) is 0 Å². The fourth-order valence-electron chi connectivity index (χ4n) is 2.84. The van der Waals surface area contributed by atoms with Crippen LogP contribution in [0.1, 0.15) is 23.0 Å². The van der Waals surface area contributed by atoms with E-state index in [0.717, 1.165) is 37.0 Å². The molecule has 0 atom stereocenters. The van der Waals surface area contributed by atoms with E-state index in [4.69, 9.17) is 10.1 Å². The van der Waals surface area contributed by atoms with Crippen molar-refractivity contribution in [2.75, 3.05) is 0 Å². The summed E-state index contributed by atoms with van der Waals surface area (Å²) >= 11 is 6.97. The van der Waals surface area contributed by atoms with Crippen LogP contribution in [0, 0.1) is 0 Å². The van der Waals surface area contributed by atoms with Crippen molar-refractivity contribution in [2.45, 2.75) is 6.92 Å². The van der Waals surface area contributed by atoms with E-state index in [1.807, 2.05) is 49.4 Å². The van der Waals surface area contributed by atoms with Crippen molar-refractivity contribution in [2.24, 2.45) is 0 Å². The van der Waals surface area contributed by atoms with Crippen molar-refractivity contribution in [3.05, 3.63) is 93.6 Å². The topological polar surface area (TPSA) is 66.0 Å². The van der Waals surface area contributed by atoms with Gasteiger partial charge in [-0.05, 0) is 36.8 Å². The van der Waals surface area contributed by atoms with Gasteiger partial charge in [0.25, 0.3) is 0 Å². The molecule has 0 amide bonds. The Labute approximate surface area is 186 Å². The van der Waals surface area contributed by atoms with Gasteiger partial charge in [0.2, 0.25) is 0 Å². The quantitative estimate of drug-likeness (QED) is 0.346. The molecule has 1 heterocycles. The van der Waals surface area contributed by atoms with Crippen molar-refractivity contribution in [1.82, 2.24) is 9.97 Å². The lowest BCUT2D eigenvalue weighted by atomic mass is 10.0. The molecule has 146 valence electrons. The third kappa shape index (κ3) is 4.83. The molecular weight excluding hydrogens is 496 g/mol. The minimum atomic E-state index is -0.957. The third-order valence-corrected chi connectivity index (χ3v) is 5.24. The Morgan fingerprint density at radius 2 is 1.83 bits per heavy atom. The molecule has 3 aromatic rings. The van der Waals surface area contributed by atoms with Gasteiger partial charge in [-0.25, -0.2) is 9.78 Å². The predicted octanol–water partition coefficient (Wildman–Crippen LogP) is 7.07. The largest absolute Gasteiger partial charge is 0.478 e. The molecule has 0 aliphatic heterocycles. The maximum atomic E-state index is 11.1. The highest BCUT2D eigenvalue weighted by molar-refractivity contribution is 9.11. The van der Waals surface area contributed by atoms with E-state index in [9.17, 15) is 4.79 Å². The van der Waals surface area contributed by atoms with Crippen LogP contribution < -0.4 is 0 Å². The van der Waals surface area contributed by atoms with Crippen molar-refractivity contribution in [3.8, 4) is 22.6 Å². The second-order valence-electron chi connectivity index (χ2n) is 6.20. The van der Waals surface area contributed by atoms with Crippen LogP contribution in [0.15, 0.2) is 82.3 Å². The Balaban J connectivity index is 2.17. The molecule has 1 aromatic heterocycles. The molecule has 0 radical (unpaired) electrons. The van der Waals surface area contributed by atoms with Gasteiger partial charge in [0, 0.05) is 20.1 Å². The Hall–Kier alpha value is -2.70. The number of aromatic nitrogens is 2. The normalized spacial score (nSPS) is 11.8. The van der Waals surface area contributed by atoms with Crippen LogP contribution in [0.25, 0.3) is 28.2 Å². The number of aromatic carboxylic acids is 1. The van der Waals surface area contributed by atoms with E-state index in [0.29, 0.717) is 5.82 Å². The molecule has 0 spiro atoms. The first kappa shape index (κ1) is 21.0. The lowest BCUT2D eigenvalue weighted by Gasteiger charge is -2.06. The van der Waals surface area contributed by atoms with Crippen LogP contribution in [-0.2, 0) is 0 Å². The van der Waals surface area contributed by atoms with E-state index < -0.39 is 5.97 Å². The standard InChI is InChI=1S/C23H18Br2N2O2/c1-3-15(9-8-14(2)24)20-21(18-6-4-5-7-19(18)25)27-22(26-20)16-10-12-17(13-11-16)23(28)29/h3-13H,2H2,1H3,(H,26,27)(H,28,29)/b9-8-,15-3+. The van der Waals surface area contributed by atoms with Crippen LogP contribution in [0.5, 0.6) is 0 Å². The Bertz CT molecular complexity index is 1130. The predicted molar refractivity (Wildman–Crippen MR) is 125 cm³/mol. The number of H-pyrrole nitrogens is 1. The van der Waals surface area contributed by atoms with Crippen molar-refractivity contribution >= 4 is 43.4 Å². The number of allylic oxidation sites excluding steroid dienone is 5. The number of aromatic amines is 1. The van der Waals surface area contributed by atoms with Crippen LogP contribution >= 0.6 is 31.9 Å². The van der Waals surface area contributed by atoms with Gasteiger partial charge in [-0.3, -0.25) is 0 Å². The first-order chi connectivity index (χ1) is 13.9. The van der Waals surface area contributed by atoms with Gasteiger partial charge in [-0.2, -0.15) is 0 Å². The Morgan fingerprint density at radius 1 is 1.14 bits per heavy atom. The average Bonchev–Trinajstić information content (AvgIpc) is 3.13. The fraction of sp³-hybridized carbons (Fsp3) is 0.0435. The van der Waals surface area contributed by atoms with Crippen LogP contribution in [-0.4, -0.2) is 21.0 Å². The molecule has 0 fully saturated rings. The first-order valence-electron chi connectivity index (χ1n) is 8.78. The number of hydrogen-bond donors (Lipinski definition) is 2. The maximum Gasteiger partial charge on any atom is 0.335 e. The van der Waals surface area contributed by atoms with E-state index in [2.05, 4.69) is 43.4 Å². The Morgan fingerprint density at radius 3 is 2.41 bits per heavy atom. The average molecular weight is 514 g/mol. The summed E-state index contributed by atoms with van der Waals surface area (Å²) in [5, 5.41) is 9.13.